The summed E-state index contributed by atoms with van der Waals surface area (Å²) in [5.41, 5.74) is 1.25. The van der Waals surface area contributed by atoms with Gasteiger partial charge in [0.05, 0.1) is 25.0 Å². The van der Waals surface area contributed by atoms with Crippen LogP contribution in [0.1, 0.15) is 12.8 Å². The van der Waals surface area contributed by atoms with Gasteiger partial charge in [0.1, 0.15) is 12.3 Å². The monoisotopic (exact) mass is 422 g/mol. The van der Waals surface area contributed by atoms with Crippen LogP contribution in [0.2, 0.25) is 0 Å². The number of hydrogen-bond acceptors (Lipinski definition) is 5. The molecule has 0 unspecified atom stereocenters. The molecule has 2 saturated heterocycles. The number of hydrogen-bond donors (Lipinski definition) is 1. The molecule has 8 nitrogen and oxygen atoms in total. The molecule has 2 aliphatic heterocycles. The molecular weight excluding hydrogens is 396 g/mol. The fraction of sp³-hybridized carbons (Fsp3) is 0.348. The third kappa shape index (κ3) is 4.54. The Bertz CT molecular complexity index is 957. The maximum atomic E-state index is 12.9. The molecule has 162 valence electrons. The fourth-order valence-electron chi connectivity index (χ4n) is 4.17. The predicted molar refractivity (Wildman–Crippen MR) is 117 cm³/mol. The number of carbonyl (C=O) groups is 3. The van der Waals surface area contributed by atoms with E-state index in [-0.39, 0.29) is 37.0 Å². The van der Waals surface area contributed by atoms with Gasteiger partial charge in [-0.1, -0.05) is 30.3 Å². The molecule has 0 radical (unpaired) electrons. The molecule has 0 saturated carbocycles. The quantitative estimate of drug-likeness (QED) is 0.724. The minimum atomic E-state index is -0.261. The van der Waals surface area contributed by atoms with E-state index < -0.39 is 0 Å². The first-order chi connectivity index (χ1) is 15.1. The lowest BCUT2D eigenvalue weighted by Crippen LogP contribution is -2.48. The van der Waals surface area contributed by atoms with E-state index in [0.717, 1.165) is 12.8 Å². The second-order valence-electron chi connectivity index (χ2n) is 7.73. The average molecular weight is 422 g/mol. The molecule has 2 aromatic rings. The minimum absolute atomic E-state index is 0.00121. The minimum Gasteiger partial charge on any atom is -0.495 e. The van der Waals surface area contributed by atoms with Gasteiger partial charge in [0, 0.05) is 19.1 Å². The molecule has 8 heteroatoms. The highest BCUT2D eigenvalue weighted by Crippen LogP contribution is 2.27. The van der Waals surface area contributed by atoms with Crippen LogP contribution in [0.3, 0.4) is 0 Å². The zero-order chi connectivity index (χ0) is 21.8. The van der Waals surface area contributed by atoms with E-state index in [4.69, 9.17) is 4.74 Å². The largest absolute Gasteiger partial charge is 0.495 e. The van der Waals surface area contributed by atoms with E-state index in [9.17, 15) is 14.4 Å². The van der Waals surface area contributed by atoms with Crippen molar-refractivity contribution in [3.8, 4) is 5.75 Å². The number of methoxy groups -OCH3 is 1. The van der Waals surface area contributed by atoms with Crippen molar-refractivity contribution in [3.05, 3.63) is 54.6 Å². The van der Waals surface area contributed by atoms with E-state index >= 15 is 0 Å². The summed E-state index contributed by atoms with van der Waals surface area (Å²) in [6.07, 6.45) is 1.45. The molecule has 2 aromatic carbocycles. The first kappa shape index (κ1) is 20.9. The van der Waals surface area contributed by atoms with Gasteiger partial charge in [-0.05, 0) is 37.1 Å². The van der Waals surface area contributed by atoms with Crippen molar-refractivity contribution in [3.63, 3.8) is 0 Å². The topological polar surface area (TPSA) is 82.2 Å². The molecule has 0 atom stereocenters. The van der Waals surface area contributed by atoms with Crippen LogP contribution in [0.15, 0.2) is 54.6 Å². The van der Waals surface area contributed by atoms with E-state index in [1.165, 1.54) is 4.90 Å². The number of nitrogens with zero attached hydrogens (tertiary/aromatic N) is 3. The molecule has 4 amide bonds. The lowest BCUT2D eigenvalue weighted by atomic mass is 10.0. The molecular formula is C23H26N4O4. The third-order valence-corrected chi connectivity index (χ3v) is 5.75. The van der Waals surface area contributed by atoms with Crippen molar-refractivity contribution in [1.82, 2.24) is 9.80 Å². The van der Waals surface area contributed by atoms with Gasteiger partial charge in [0.25, 0.3) is 5.91 Å². The van der Waals surface area contributed by atoms with Gasteiger partial charge < -0.3 is 15.0 Å². The van der Waals surface area contributed by atoms with Crippen molar-refractivity contribution in [2.24, 2.45) is 0 Å². The standard InChI is InChI=1S/C23H26N4O4/c1-31-20-10-6-5-9-19(20)24-21(28)15-25-13-11-17(12-14-25)26-16-22(29)27(23(26)30)18-7-3-2-4-8-18/h2-10,17H,11-16H2,1H3,(H,24,28). The first-order valence-corrected chi connectivity index (χ1v) is 10.4. The number of rotatable bonds is 6. The van der Waals surface area contributed by atoms with E-state index in [2.05, 4.69) is 10.2 Å². The van der Waals surface area contributed by atoms with Crippen LogP contribution in [-0.4, -0.2) is 67.0 Å². The fourth-order valence-corrected chi connectivity index (χ4v) is 4.17. The number of nitrogens with one attached hydrogen (secondary N) is 1. The van der Waals surface area contributed by atoms with Gasteiger partial charge in [-0.25, -0.2) is 9.69 Å². The van der Waals surface area contributed by atoms with Crippen molar-refractivity contribution in [2.75, 3.05) is 43.5 Å². The van der Waals surface area contributed by atoms with Crippen LogP contribution < -0.4 is 15.0 Å². The number of para-hydroxylation sites is 3. The third-order valence-electron chi connectivity index (χ3n) is 5.75. The molecule has 1 N–H and O–H groups in total. The SMILES string of the molecule is COc1ccccc1NC(=O)CN1CCC(N2CC(=O)N(c3ccccc3)C2=O)CC1. The van der Waals surface area contributed by atoms with Crippen molar-refractivity contribution in [1.29, 1.82) is 0 Å². The Hall–Kier alpha value is -3.39. The van der Waals surface area contributed by atoms with Gasteiger partial charge in [0.2, 0.25) is 5.91 Å². The molecule has 0 spiro atoms. The van der Waals surface area contributed by atoms with E-state index in [1.54, 1.807) is 36.3 Å². The van der Waals surface area contributed by atoms with Crippen LogP contribution in [0.5, 0.6) is 5.75 Å². The number of anilines is 2. The highest BCUT2D eigenvalue weighted by Gasteiger charge is 2.41. The zero-order valence-electron chi connectivity index (χ0n) is 17.5. The number of piperidine rings is 1. The molecule has 2 heterocycles. The smallest absolute Gasteiger partial charge is 0.332 e. The average Bonchev–Trinajstić information content (AvgIpc) is 3.09. The number of urea groups is 1. The summed E-state index contributed by atoms with van der Waals surface area (Å²) in [4.78, 5) is 42.8. The Morgan fingerprint density at radius 1 is 1.03 bits per heavy atom. The second kappa shape index (κ2) is 9.18. The van der Waals surface area contributed by atoms with Crippen LogP contribution in [-0.2, 0) is 9.59 Å². The second-order valence-corrected chi connectivity index (χ2v) is 7.73. The molecule has 0 aromatic heterocycles. The molecule has 31 heavy (non-hydrogen) atoms. The molecule has 2 fully saturated rings. The Morgan fingerprint density at radius 3 is 2.42 bits per heavy atom. The summed E-state index contributed by atoms with van der Waals surface area (Å²) in [5.74, 6) is 0.315. The van der Waals surface area contributed by atoms with Crippen LogP contribution >= 0.6 is 0 Å². The van der Waals surface area contributed by atoms with Gasteiger partial charge in [0.15, 0.2) is 0 Å². The number of carbonyl (C=O) groups excluding carboxylic acids is 3. The van der Waals surface area contributed by atoms with Gasteiger partial charge in [-0.3, -0.25) is 14.5 Å². The molecule has 0 aliphatic carbocycles. The molecule has 0 bridgehead atoms. The van der Waals surface area contributed by atoms with Crippen LogP contribution in [0, 0.1) is 0 Å². The van der Waals surface area contributed by atoms with Crippen molar-refractivity contribution in [2.45, 2.75) is 18.9 Å². The van der Waals surface area contributed by atoms with Gasteiger partial charge in [-0.2, -0.15) is 0 Å². The summed E-state index contributed by atoms with van der Waals surface area (Å²) in [6.45, 7) is 1.75. The van der Waals surface area contributed by atoms with Gasteiger partial charge >= 0.3 is 6.03 Å². The molecule has 2 aliphatic rings. The predicted octanol–water partition coefficient (Wildman–Crippen LogP) is 2.57. The Labute approximate surface area is 181 Å². The number of benzene rings is 2. The maximum Gasteiger partial charge on any atom is 0.332 e. The van der Waals surface area contributed by atoms with Crippen molar-refractivity contribution >= 4 is 29.2 Å². The summed E-state index contributed by atoms with van der Waals surface area (Å²) < 4.78 is 5.27. The number of imide groups is 1. The Kier molecular flexibility index (Phi) is 6.18. The first-order valence-electron chi connectivity index (χ1n) is 10.4. The van der Waals surface area contributed by atoms with E-state index in [1.807, 2.05) is 30.3 Å². The van der Waals surface area contributed by atoms with E-state index in [0.29, 0.717) is 30.2 Å². The van der Waals surface area contributed by atoms with Crippen molar-refractivity contribution < 1.29 is 19.1 Å². The summed E-state index contributed by atoms with van der Waals surface area (Å²) in [6, 6.07) is 16.0. The highest BCUT2D eigenvalue weighted by atomic mass is 16.5. The lowest BCUT2D eigenvalue weighted by molar-refractivity contribution is -0.117. The highest BCUT2D eigenvalue weighted by molar-refractivity contribution is 6.19. The number of amides is 4. The lowest BCUT2D eigenvalue weighted by Gasteiger charge is -2.35. The summed E-state index contributed by atoms with van der Waals surface area (Å²) in [7, 11) is 1.57. The van der Waals surface area contributed by atoms with Crippen LogP contribution in [0.25, 0.3) is 0 Å². The maximum absolute atomic E-state index is 12.9. The summed E-state index contributed by atoms with van der Waals surface area (Å²) >= 11 is 0. The van der Waals surface area contributed by atoms with Crippen LogP contribution in [0.4, 0.5) is 16.2 Å². The summed E-state index contributed by atoms with van der Waals surface area (Å²) in [5, 5.41) is 2.89. The van der Waals surface area contributed by atoms with Gasteiger partial charge in [-0.15, -0.1) is 0 Å². The normalized spacial score (nSPS) is 17.8. The number of likely N-dealkylation sites (tertiary alicyclic amines) is 1. The molecule has 4 rings (SSSR count). The zero-order valence-corrected chi connectivity index (χ0v) is 17.5. The Morgan fingerprint density at radius 2 is 1.71 bits per heavy atom. The number of ether oxygens (including phenoxy) is 1. The Balaban J connectivity index is 1.30.